The van der Waals surface area contributed by atoms with Gasteiger partial charge in [-0.2, -0.15) is 0 Å². The topological polar surface area (TPSA) is 59.8 Å². The van der Waals surface area contributed by atoms with Gasteiger partial charge in [0.2, 0.25) is 0 Å². The van der Waals surface area contributed by atoms with Crippen LogP contribution in [0.5, 0.6) is 0 Å². The third-order valence-electron chi connectivity index (χ3n) is 4.66. The highest BCUT2D eigenvalue weighted by Crippen LogP contribution is 2.45. The number of amides is 1. The Labute approximate surface area is 168 Å². The molecule has 3 aromatic rings. The molecule has 0 aliphatic heterocycles. The van der Waals surface area contributed by atoms with E-state index in [1.807, 2.05) is 55.5 Å². The Balaban J connectivity index is 1.59. The molecule has 7 heteroatoms. The Morgan fingerprint density at radius 2 is 1.85 bits per heavy atom. The van der Waals surface area contributed by atoms with Gasteiger partial charge in [-0.25, -0.2) is 4.68 Å². The van der Waals surface area contributed by atoms with Gasteiger partial charge < -0.3 is 5.32 Å². The Hall–Kier alpha value is -1.99. The molecule has 0 unspecified atom stereocenters. The fourth-order valence-corrected chi connectivity index (χ4v) is 3.70. The molecule has 1 aliphatic carbocycles. The summed E-state index contributed by atoms with van der Waals surface area (Å²) in [6, 6.07) is 15.8. The number of hydrogen-bond donors (Lipinski definition) is 1. The molecule has 26 heavy (non-hydrogen) atoms. The summed E-state index contributed by atoms with van der Waals surface area (Å²) in [6.07, 6.45) is 1.86. The Bertz CT molecular complexity index is 977. The summed E-state index contributed by atoms with van der Waals surface area (Å²) in [7, 11) is 0. The van der Waals surface area contributed by atoms with Gasteiger partial charge in [0.05, 0.1) is 16.9 Å². The number of nitrogens with one attached hydrogen (secondary N) is 1. The number of nitrogens with zero attached hydrogens (tertiary/aromatic N) is 3. The predicted octanol–water partition coefficient (Wildman–Crippen LogP) is 4.52. The lowest BCUT2D eigenvalue weighted by atomic mass is 10.0. The second-order valence-corrected chi connectivity index (χ2v) is 8.29. The van der Waals surface area contributed by atoms with Gasteiger partial charge in [-0.05, 0) is 55.7 Å². The van der Waals surface area contributed by atoms with Gasteiger partial charge in [0, 0.05) is 8.95 Å². The van der Waals surface area contributed by atoms with Gasteiger partial charge in [-0.15, -0.1) is 5.10 Å². The zero-order chi connectivity index (χ0) is 18.3. The maximum Gasteiger partial charge on any atom is 0.274 e. The van der Waals surface area contributed by atoms with Crippen molar-refractivity contribution in [1.82, 2.24) is 20.3 Å². The third-order valence-corrected chi connectivity index (χ3v) is 5.68. The minimum Gasteiger partial charge on any atom is -0.341 e. The van der Waals surface area contributed by atoms with E-state index in [0.717, 1.165) is 33.0 Å². The largest absolute Gasteiger partial charge is 0.341 e. The molecular weight excluding hydrogens is 460 g/mol. The van der Waals surface area contributed by atoms with E-state index >= 15 is 0 Å². The Morgan fingerprint density at radius 3 is 2.50 bits per heavy atom. The highest BCUT2D eigenvalue weighted by atomic mass is 79.9. The molecular formula is C19H16Br2N4O. The molecule has 1 saturated carbocycles. The number of aromatic nitrogens is 3. The number of benzene rings is 2. The summed E-state index contributed by atoms with van der Waals surface area (Å²) < 4.78 is 3.65. The first-order chi connectivity index (χ1) is 12.5. The monoisotopic (exact) mass is 474 g/mol. The number of carbonyl (C=O) groups is 1. The van der Waals surface area contributed by atoms with Crippen LogP contribution in [0.1, 0.15) is 34.6 Å². The van der Waals surface area contributed by atoms with Crippen LogP contribution < -0.4 is 5.32 Å². The Morgan fingerprint density at radius 1 is 1.12 bits per heavy atom. The van der Waals surface area contributed by atoms with Gasteiger partial charge in [0.1, 0.15) is 0 Å². The van der Waals surface area contributed by atoms with Crippen LogP contribution in [0.2, 0.25) is 0 Å². The molecule has 2 aromatic carbocycles. The zero-order valence-corrected chi connectivity index (χ0v) is 17.2. The lowest BCUT2D eigenvalue weighted by Gasteiger charge is -2.17. The van der Waals surface area contributed by atoms with E-state index in [1.165, 1.54) is 0 Å². The van der Waals surface area contributed by atoms with Crippen molar-refractivity contribution < 1.29 is 4.79 Å². The summed E-state index contributed by atoms with van der Waals surface area (Å²) in [6.45, 7) is 1.86. The Kier molecular flexibility index (Phi) is 4.44. The van der Waals surface area contributed by atoms with E-state index < -0.39 is 0 Å². The molecule has 5 nitrogen and oxygen atoms in total. The van der Waals surface area contributed by atoms with Crippen molar-refractivity contribution in [1.29, 1.82) is 0 Å². The molecule has 1 aromatic heterocycles. The van der Waals surface area contributed by atoms with Gasteiger partial charge in [-0.3, -0.25) is 4.79 Å². The second-order valence-electron chi connectivity index (χ2n) is 6.46. The lowest BCUT2D eigenvalue weighted by Crippen LogP contribution is -2.35. The summed E-state index contributed by atoms with van der Waals surface area (Å²) in [5.41, 5.74) is 2.76. The molecule has 1 heterocycles. The van der Waals surface area contributed by atoms with Crippen LogP contribution in [0.3, 0.4) is 0 Å². The van der Waals surface area contributed by atoms with E-state index in [2.05, 4.69) is 47.5 Å². The highest BCUT2D eigenvalue weighted by molar-refractivity contribution is 9.10. The molecule has 0 radical (unpaired) electrons. The first-order valence-electron chi connectivity index (χ1n) is 8.25. The number of hydrogen-bond acceptors (Lipinski definition) is 3. The molecule has 1 amide bonds. The van der Waals surface area contributed by atoms with Crippen LogP contribution in [-0.4, -0.2) is 20.9 Å². The van der Waals surface area contributed by atoms with E-state index in [0.29, 0.717) is 11.4 Å². The van der Waals surface area contributed by atoms with Crippen molar-refractivity contribution in [2.45, 2.75) is 25.3 Å². The normalized spacial score (nSPS) is 14.9. The molecule has 4 rings (SSSR count). The highest BCUT2D eigenvalue weighted by Gasteiger charge is 2.46. The van der Waals surface area contributed by atoms with E-state index in [4.69, 9.17) is 0 Å². The van der Waals surface area contributed by atoms with Gasteiger partial charge >= 0.3 is 0 Å². The minimum atomic E-state index is -0.288. The summed E-state index contributed by atoms with van der Waals surface area (Å²) >= 11 is 6.90. The third kappa shape index (κ3) is 3.21. The molecule has 1 fully saturated rings. The lowest BCUT2D eigenvalue weighted by molar-refractivity contribution is 0.0925. The van der Waals surface area contributed by atoms with Gasteiger partial charge in [-0.1, -0.05) is 55.3 Å². The van der Waals surface area contributed by atoms with E-state index in [1.54, 1.807) is 4.68 Å². The van der Waals surface area contributed by atoms with Crippen molar-refractivity contribution in [2.24, 2.45) is 0 Å². The maximum absolute atomic E-state index is 12.8. The fourth-order valence-electron chi connectivity index (χ4n) is 3.05. The van der Waals surface area contributed by atoms with Crippen LogP contribution >= 0.6 is 31.9 Å². The second kappa shape index (κ2) is 6.63. The zero-order valence-electron chi connectivity index (χ0n) is 14.0. The average molecular weight is 476 g/mol. The molecule has 1 N–H and O–H groups in total. The molecule has 0 spiro atoms. The van der Waals surface area contributed by atoms with Gasteiger partial charge in [0.15, 0.2) is 5.69 Å². The number of rotatable bonds is 4. The standard InChI is InChI=1S/C19H16Br2N4O/c1-12-17(23-24-25(12)16-4-2-3-15(21)11-16)18(26)22-19(9-10-19)13-5-7-14(20)8-6-13/h2-8,11H,9-10H2,1H3,(H,22,26). The van der Waals surface area contributed by atoms with E-state index in [9.17, 15) is 4.79 Å². The van der Waals surface area contributed by atoms with Crippen molar-refractivity contribution in [2.75, 3.05) is 0 Å². The quantitative estimate of drug-likeness (QED) is 0.603. The maximum atomic E-state index is 12.8. The summed E-state index contributed by atoms with van der Waals surface area (Å²) in [4.78, 5) is 12.8. The van der Waals surface area contributed by atoms with Crippen molar-refractivity contribution in [3.05, 3.63) is 74.4 Å². The van der Waals surface area contributed by atoms with Crippen LogP contribution in [0, 0.1) is 6.92 Å². The van der Waals surface area contributed by atoms with Gasteiger partial charge in [0.25, 0.3) is 5.91 Å². The summed E-state index contributed by atoms with van der Waals surface area (Å²) in [5, 5.41) is 11.4. The number of halogens is 2. The molecule has 0 saturated heterocycles. The van der Waals surface area contributed by atoms with Crippen LogP contribution in [0.4, 0.5) is 0 Å². The first kappa shape index (κ1) is 17.4. The predicted molar refractivity (Wildman–Crippen MR) is 106 cm³/mol. The molecule has 0 bridgehead atoms. The van der Waals surface area contributed by atoms with Crippen molar-refractivity contribution >= 4 is 37.8 Å². The van der Waals surface area contributed by atoms with Crippen molar-refractivity contribution in [3.8, 4) is 5.69 Å². The fraction of sp³-hybridized carbons (Fsp3) is 0.211. The SMILES string of the molecule is Cc1c(C(=O)NC2(c3ccc(Br)cc3)CC2)nnn1-c1cccc(Br)c1. The number of carbonyl (C=O) groups excluding carboxylic acids is 1. The van der Waals surface area contributed by atoms with Crippen LogP contribution in [0.25, 0.3) is 5.69 Å². The van der Waals surface area contributed by atoms with Crippen LogP contribution in [-0.2, 0) is 5.54 Å². The molecule has 0 atom stereocenters. The minimum absolute atomic E-state index is 0.191. The molecule has 132 valence electrons. The smallest absolute Gasteiger partial charge is 0.274 e. The van der Waals surface area contributed by atoms with Crippen LogP contribution in [0.15, 0.2) is 57.5 Å². The first-order valence-corrected chi connectivity index (χ1v) is 9.84. The summed E-state index contributed by atoms with van der Waals surface area (Å²) in [5.74, 6) is -0.191. The average Bonchev–Trinajstić information content (AvgIpc) is 3.29. The van der Waals surface area contributed by atoms with Crippen molar-refractivity contribution in [3.63, 3.8) is 0 Å². The van der Waals surface area contributed by atoms with E-state index in [-0.39, 0.29) is 11.4 Å². The molecule has 1 aliphatic rings.